The van der Waals surface area contributed by atoms with E-state index in [4.69, 9.17) is 18.9 Å². The molecule has 0 saturated carbocycles. The Balaban J connectivity index is 4.01. The molecule has 0 heterocycles. The van der Waals surface area contributed by atoms with E-state index >= 15 is 0 Å². The van der Waals surface area contributed by atoms with Crippen molar-refractivity contribution in [1.29, 1.82) is 0 Å². The van der Waals surface area contributed by atoms with Gasteiger partial charge in [0.2, 0.25) is 0 Å². The molecule has 0 fully saturated rings. The molecule has 89 heavy (non-hydrogen) atoms. The molecule has 0 aliphatic carbocycles. The van der Waals surface area contributed by atoms with Gasteiger partial charge in [-0.25, -0.2) is 0 Å². The molecule has 0 rings (SSSR count). The largest absolute Gasteiger partial charge is 0.545 e. The van der Waals surface area contributed by atoms with Crippen LogP contribution in [0.4, 0.5) is 0 Å². The summed E-state index contributed by atoms with van der Waals surface area (Å²) in [7, 11) is 5.95. The molecule has 2 unspecified atom stereocenters. The van der Waals surface area contributed by atoms with Crippen molar-refractivity contribution >= 4 is 17.9 Å². The lowest BCUT2D eigenvalue weighted by Crippen LogP contribution is -2.44. The number of quaternary nitrogens is 1. The van der Waals surface area contributed by atoms with Crippen molar-refractivity contribution in [3.63, 3.8) is 0 Å². The van der Waals surface area contributed by atoms with Crippen LogP contribution in [0.5, 0.6) is 0 Å². The maximum Gasteiger partial charge on any atom is 0.306 e. The fourth-order valence-corrected chi connectivity index (χ4v) is 11.4. The van der Waals surface area contributed by atoms with Gasteiger partial charge in [-0.2, -0.15) is 0 Å². The van der Waals surface area contributed by atoms with Gasteiger partial charge in [-0.3, -0.25) is 9.59 Å². The van der Waals surface area contributed by atoms with E-state index in [0.29, 0.717) is 23.9 Å². The SMILES string of the molecule is CC/C=C\C/C=C\C/C=C\C/C=C\CCCCCCCCCCCCCCCCCCCCC(=O)OC(COC(=O)CCCCCCCCCCCCCCCCCCCCCCC/C=C\CCCCCCCCCC)COC(OCC[N+](C)(C)C)C(=O)[O-]. The molecule has 9 nitrogen and oxygen atoms in total. The monoisotopic (exact) mass is 1250 g/mol. The Morgan fingerprint density at radius 3 is 0.966 bits per heavy atom. The van der Waals surface area contributed by atoms with Gasteiger partial charge in [-0.1, -0.05) is 344 Å². The number of likely N-dealkylation sites (N-methyl/N-ethyl adjacent to an activating group) is 1. The summed E-state index contributed by atoms with van der Waals surface area (Å²) >= 11 is 0. The summed E-state index contributed by atoms with van der Waals surface area (Å²) in [6, 6.07) is 0. The molecule has 0 amide bonds. The van der Waals surface area contributed by atoms with Crippen molar-refractivity contribution in [2.24, 2.45) is 0 Å². The van der Waals surface area contributed by atoms with Crippen LogP contribution in [0, 0.1) is 0 Å². The molecule has 0 aromatic rings. The molecule has 0 saturated heterocycles. The van der Waals surface area contributed by atoms with Crippen LogP contribution in [-0.4, -0.2) is 82.3 Å². The second-order valence-electron chi connectivity index (χ2n) is 27.3. The van der Waals surface area contributed by atoms with Crippen LogP contribution in [0.25, 0.3) is 0 Å². The van der Waals surface area contributed by atoms with Crippen molar-refractivity contribution in [2.45, 2.75) is 386 Å². The van der Waals surface area contributed by atoms with E-state index < -0.39 is 24.3 Å². The van der Waals surface area contributed by atoms with E-state index in [2.05, 4.69) is 74.6 Å². The summed E-state index contributed by atoms with van der Waals surface area (Å²) in [5.74, 6) is -2.26. The zero-order chi connectivity index (χ0) is 64.7. The minimum atomic E-state index is -1.62. The van der Waals surface area contributed by atoms with Crippen LogP contribution >= 0.6 is 0 Å². The maximum absolute atomic E-state index is 13.0. The highest BCUT2D eigenvalue weighted by Crippen LogP contribution is 2.19. The van der Waals surface area contributed by atoms with Gasteiger partial charge in [-0.05, 0) is 77.0 Å². The minimum absolute atomic E-state index is 0.149. The fourth-order valence-electron chi connectivity index (χ4n) is 11.4. The number of hydrogen-bond donors (Lipinski definition) is 0. The van der Waals surface area contributed by atoms with E-state index in [-0.39, 0.29) is 32.2 Å². The lowest BCUT2D eigenvalue weighted by Gasteiger charge is -2.26. The Morgan fingerprint density at radius 1 is 0.348 bits per heavy atom. The van der Waals surface area contributed by atoms with Crippen molar-refractivity contribution in [3.8, 4) is 0 Å². The Kier molecular flexibility index (Phi) is 68.5. The van der Waals surface area contributed by atoms with E-state index in [1.165, 1.54) is 283 Å². The van der Waals surface area contributed by atoms with Gasteiger partial charge in [-0.15, -0.1) is 0 Å². The van der Waals surface area contributed by atoms with Gasteiger partial charge in [0.05, 0.1) is 40.3 Å². The second kappa shape index (κ2) is 70.9. The topological polar surface area (TPSA) is 111 Å². The lowest BCUT2D eigenvalue weighted by molar-refractivity contribution is -0.870. The molecule has 0 aromatic heterocycles. The van der Waals surface area contributed by atoms with Crippen LogP contribution in [0.2, 0.25) is 0 Å². The first-order valence-corrected chi connectivity index (χ1v) is 38.4. The highest BCUT2D eigenvalue weighted by atomic mass is 16.7. The highest BCUT2D eigenvalue weighted by Gasteiger charge is 2.22. The molecule has 0 bridgehead atoms. The van der Waals surface area contributed by atoms with Crippen LogP contribution in [-0.2, 0) is 33.3 Å². The van der Waals surface area contributed by atoms with Gasteiger partial charge in [0.1, 0.15) is 13.2 Å². The summed E-state index contributed by atoms with van der Waals surface area (Å²) in [5.41, 5.74) is 0. The third-order valence-electron chi connectivity index (χ3n) is 17.2. The van der Waals surface area contributed by atoms with E-state index in [1.807, 2.05) is 21.1 Å². The van der Waals surface area contributed by atoms with Gasteiger partial charge in [0.15, 0.2) is 12.4 Å². The predicted molar refractivity (Wildman–Crippen MR) is 380 cm³/mol. The number of carbonyl (C=O) groups excluding carboxylic acids is 3. The van der Waals surface area contributed by atoms with Crippen molar-refractivity contribution in [1.82, 2.24) is 0 Å². The Morgan fingerprint density at radius 2 is 0.640 bits per heavy atom. The molecule has 0 spiro atoms. The summed E-state index contributed by atoms with van der Waals surface area (Å²) < 4.78 is 22.9. The van der Waals surface area contributed by atoms with Gasteiger partial charge in [0.25, 0.3) is 0 Å². The number of rotatable bonds is 72. The molecular formula is C80H147NO8. The minimum Gasteiger partial charge on any atom is -0.545 e. The third-order valence-corrected chi connectivity index (χ3v) is 17.2. The van der Waals surface area contributed by atoms with Gasteiger partial charge < -0.3 is 33.3 Å². The smallest absolute Gasteiger partial charge is 0.306 e. The molecule has 0 radical (unpaired) electrons. The molecule has 0 aliphatic rings. The number of ether oxygens (including phenoxy) is 4. The number of unbranched alkanes of at least 4 members (excludes halogenated alkanes) is 47. The van der Waals surface area contributed by atoms with E-state index in [0.717, 1.165) is 57.8 Å². The van der Waals surface area contributed by atoms with Crippen molar-refractivity contribution < 1.29 is 42.9 Å². The second-order valence-corrected chi connectivity index (χ2v) is 27.3. The Labute approximate surface area is 552 Å². The van der Waals surface area contributed by atoms with Crippen LogP contribution in [0.1, 0.15) is 373 Å². The van der Waals surface area contributed by atoms with E-state index in [9.17, 15) is 19.5 Å². The number of aliphatic carboxylic acids is 1. The normalized spacial score (nSPS) is 13.0. The molecule has 0 aromatic carbocycles. The van der Waals surface area contributed by atoms with Crippen molar-refractivity contribution in [3.05, 3.63) is 60.8 Å². The summed E-state index contributed by atoms with van der Waals surface area (Å²) in [5, 5.41) is 11.8. The van der Waals surface area contributed by atoms with Gasteiger partial charge >= 0.3 is 11.9 Å². The first-order valence-electron chi connectivity index (χ1n) is 38.4. The van der Waals surface area contributed by atoms with Gasteiger partial charge in [0, 0.05) is 12.8 Å². The number of hydrogen-bond acceptors (Lipinski definition) is 8. The maximum atomic E-state index is 13.0. The lowest BCUT2D eigenvalue weighted by atomic mass is 10.0. The molecule has 0 aliphatic heterocycles. The average Bonchev–Trinajstić information content (AvgIpc) is 3.64. The Hall–Kier alpha value is -3.01. The number of esters is 2. The average molecular weight is 1250 g/mol. The molecule has 520 valence electrons. The number of carbonyl (C=O) groups is 3. The first-order chi connectivity index (χ1) is 43.6. The van der Waals surface area contributed by atoms with Crippen molar-refractivity contribution in [2.75, 3.05) is 47.5 Å². The zero-order valence-electron chi connectivity index (χ0n) is 59.6. The molecular weight excluding hydrogens is 1100 g/mol. The zero-order valence-corrected chi connectivity index (χ0v) is 59.6. The fraction of sp³-hybridized carbons (Fsp3) is 0.838. The summed E-state index contributed by atoms with van der Waals surface area (Å²) in [4.78, 5) is 37.6. The summed E-state index contributed by atoms with van der Waals surface area (Å²) in [6.07, 6.45) is 90.5. The van der Waals surface area contributed by atoms with Crippen LogP contribution in [0.3, 0.4) is 0 Å². The number of carboxylic acids is 1. The quantitative estimate of drug-likeness (QED) is 0.0195. The number of nitrogens with zero attached hydrogens (tertiary/aromatic N) is 1. The molecule has 0 N–H and O–H groups in total. The number of carboxylic acid groups (broad SMARTS) is 1. The number of allylic oxidation sites excluding steroid dienone is 10. The van der Waals surface area contributed by atoms with Crippen LogP contribution < -0.4 is 5.11 Å². The Bertz CT molecular complexity index is 1650. The van der Waals surface area contributed by atoms with Crippen LogP contribution in [0.15, 0.2) is 60.8 Å². The third kappa shape index (κ3) is 72.3. The first kappa shape index (κ1) is 86.0. The molecule has 9 heteroatoms. The standard InChI is InChI=1S/C80H147NO8/c1-6-8-10-12-14-16-18-20-22-24-26-28-30-32-34-36-38-39-41-42-44-46-48-50-52-54-56-58-60-62-64-66-68-70-77(82)87-74-76(75-88-80(79(84)85)86-73-72-81(3,4)5)89-78(83)71-69-67-65-63-61-59-57-55-53-51-49-47-45-43-40-37-35-33-31-29-27-25-23-21-19-17-15-13-11-9-7-2/h9,11,15,17,21,23-24,26-27,29,76,80H,6-8,10,12-14,16,18-20,22,25,28,30-75H2,1-5H3/b11-9-,17-15-,23-21-,26-24-,29-27-. The summed E-state index contributed by atoms with van der Waals surface area (Å²) in [6.45, 7) is 4.70. The predicted octanol–water partition coefficient (Wildman–Crippen LogP) is 22.9. The molecule has 2 atom stereocenters. The van der Waals surface area contributed by atoms with E-state index in [1.54, 1.807) is 0 Å². The highest BCUT2D eigenvalue weighted by molar-refractivity contribution is 5.70.